The molecule has 0 bridgehead atoms. The Kier molecular flexibility index (Phi) is 4.56. The van der Waals surface area contributed by atoms with E-state index in [1.807, 2.05) is 30.3 Å². The van der Waals surface area contributed by atoms with Gasteiger partial charge in [0.25, 0.3) is 11.8 Å². The number of carbonyl (C=O) groups is 3. The van der Waals surface area contributed by atoms with Crippen LogP contribution < -0.4 is 10.2 Å². The van der Waals surface area contributed by atoms with Gasteiger partial charge in [-0.3, -0.25) is 14.4 Å². The topological polar surface area (TPSA) is 66.5 Å². The third kappa shape index (κ3) is 3.33. The quantitative estimate of drug-likeness (QED) is 0.556. The van der Waals surface area contributed by atoms with E-state index in [4.69, 9.17) is 0 Å². The molecule has 3 amide bonds. The minimum absolute atomic E-state index is 0.302. The fourth-order valence-electron chi connectivity index (χ4n) is 3.07. The van der Waals surface area contributed by atoms with E-state index in [2.05, 4.69) is 5.32 Å². The SMILES string of the molecule is O=C(C=Cc1ccccc1)Nc1cccc(N2C(=O)c3ccccc3C2=O)c1. The summed E-state index contributed by atoms with van der Waals surface area (Å²) < 4.78 is 0. The summed E-state index contributed by atoms with van der Waals surface area (Å²) >= 11 is 0. The molecule has 0 spiro atoms. The van der Waals surface area contributed by atoms with E-state index >= 15 is 0 Å². The summed E-state index contributed by atoms with van der Waals surface area (Å²) in [5.41, 5.74) is 2.59. The van der Waals surface area contributed by atoms with Gasteiger partial charge in [0.05, 0.1) is 16.8 Å². The van der Waals surface area contributed by atoms with Crippen molar-refractivity contribution in [2.75, 3.05) is 10.2 Å². The van der Waals surface area contributed by atoms with Crippen LogP contribution in [0.5, 0.6) is 0 Å². The van der Waals surface area contributed by atoms with Gasteiger partial charge in [-0.1, -0.05) is 48.5 Å². The second-order valence-electron chi connectivity index (χ2n) is 6.27. The number of fused-ring (bicyclic) bond motifs is 1. The van der Waals surface area contributed by atoms with Crippen LogP contribution in [0.2, 0.25) is 0 Å². The molecular weight excluding hydrogens is 352 g/mol. The highest BCUT2D eigenvalue weighted by molar-refractivity contribution is 6.34. The van der Waals surface area contributed by atoms with Crippen LogP contribution in [0, 0.1) is 0 Å². The summed E-state index contributed by atoms with van der Waals surface area (Å²) in [5, 5.41) is 2.75. The minimum Gasteiger partial charge on any atom is -0.322 e. The van der Waals surface area contributed by atoms with Crippen molar-refractivity contribution in [3.8, 4) is 0 Å². The lowest BCUT2D eigenvalue weighted by molar-refractivity contribution is -0.111. The summed E-state index contributed by atoms with van der Waals surface area (Å²) in [6.45, 7) is 0. The second-order valence-corrected chi connectivity index (χ2v) is 6.27. The molecule has 0 aromatic heterocycles. The number of anilines is 2. The van der Waals surface area contributed by atoms with E-state index in [1.54, 1.807) is 54.6 Å². The molecule has 0 unspecified atom stereocenters. The van der Waals surface area contributed by atoms with Crippen LogP contribution >= 0.6 is 0 Å². The van der Waals surface area contributed by atoms with Crippen molar-refractivity contribution < 1.29 is 14.4 Å². The number of nitrogens with one attached hydrogen (secondary N) is 1. The standard InChI is InChI=1S/C23H16N2O3/c26-21(14-13-16-7-2-1-3-8-16)24-17-9-6-10-18(15-17)25-22(27)19-11-4-5-12-20(19)23(25)28/h1-15H,(H,24,26). The lowest BCUT2D eigenvalue weighted by Crippen LogP contribution is -2.29. The maximum absolute atomic E-state index is 12.6. The average Bonchev–Trinajstić information content (AvgIpc) is 2.98. The zero-order chi connectivity index (χ0) is 19.5. The molecule has 0 saturated carbocycles. The fourth-order valence-corrected chi connectivity index (χ4v) is 3.07. The van der Waals surface area contributed by atoms with Gasteiger partial charge in [-0.2, -0.15) is 0 Å². The molecule has 136 valence electrons. The van der Waals surface area contributed by atoms with Gasteiger partial charge in [0.1, 0.15) is 0 Å². The van der Waals surface area contributed by atoms with E-state index < -0.39 is 0 Å². The van der Waals surface area contributed by atoms with Crippen molar-refractivity contribution in [2.24, 2.45) is 0 Å². The minimum atomic E-state index is -0.368. The Bertz CT molecular complexity index is 1070. The number of benzene rings is 3. The first-order valence-corrected chi connectivity index (χ1v) is 8.75. The van der Waals surface area contributed by atoms with Gasteiger partial charge in [-0.15, -0.1) is 0 Å². The molecule has 0 atom stereocenters. The number of hydrogen-bond donors (Lipinski definition) is 1. The van der Waals surface area contributed by atoms with E-state index in [0.29, 0.717) is 22.5 Å². The molecule has 3 aromatic rings. The molecule has 1 heterocycles. The van der Waals surface area contributed by atoms with Crippen LogP contribution in [0.4, 0.5) is 11.4 Å². The van der Waals surface area contributed by atoms with Crippen LogP contribution in [0.25, 0.3) is 6.08 Å². The number of rotatable bonds is 4. The molecule has 5 heteroatoms. The van der Waals surface area contributed by atoms with E-state index in [1.165, 1.54) is 6.08 Å². The van der Waals surface area contributed by atoms with Crippen molar-refractivity contribution in [3.63, 3.8) is 0 Å². The van der Waals surface area contributed by atoms with E-state index in [-0.39, 0.29) is 17.7 Å². The highest BCUT2D eigenvalue weighted by Crippen LogP contribution is 2.29. The fraction of sp³-hybridized carbons (Fsp3) is 0. The summed E-state index contributed by atoms with van der Waals surface area (Å²) in [7, 11) is 0. The molecule has 0 saturated heterocycles. The summed E-state index contributed by atoms with van der Waals surface area (Å²) in [5.74, 6) is -1.04. The van der Waals surface area contributed by atoms with Crippen molar-refractivity contribution in [1.29, 1.82) is 0 Å². The molecule has 1 N–H and O–H groups in total. The van der Waals surface area contributed by atoms with Crippen LogP contribution in [0.3, 0.4) is 0 Å². The monoisotopic (exact) mass is 368 g/mol. The van der Waals surface area contributed by atoms with Crippen molar-refractivity contribution in [3.05, 3.63) is 102 Å². The first kappa shape index (κ1) is 17.4. The van der Waals surface area contributed by atoms with Crippen LogP contribution in [-0.4, -0.2) is 17.7 Å². The van der Waals surface area contributed by atoms with Crippen molar-refractivity contribution >= 4 is 35.2 Å². The number of amides is 3. The third-order valence-electron chi connectivity index (χ3n) is 4.39. The molecule has 0 aliphatic carbocycles. The van der Waals surface area contributed by atoms with Gasteiger partial charge in [0.15, 0.2) is 0 Å². The van der Waals surface area contributed by atoms with Crippen molar-refractivity contribution in [1.82, 2.24) is 0 Å². The lowest BCUT2D eigenvalue weighted by Gasteiger charge is -2.15. The molecule has 5 nitrogen and oxygen atoms in total. The van der Waals surface area contributed by atoms with Gasteiger partial charge >= 0.3 is 0 Å². The molecule has 0 fully saturated rings. The zero-order valence-electron chi connectivity index (χ0n) is 14.8. The van der Waals surface area contributed by atoms with Crippen LogP contribution in [0.15, 0.2) is 84.9 Å². The molecule has 1 aliphatic rings. The second kappa shape index (κ2) is 7.32. The number of hydrogen-bond acceptors (Lipinski definition) is 3. The smallest absolute Gasteiger partial charge is 0.266 e. The van der Waals surface area contributed by atoms with E-state index in [0.717, 1.165) is 10.5 Å². The maximum Gasteiger partial charge on any atom is 0.266 e. The largest absolute Gasteiger partial charge is 0.322 e. The molecule has 1 aliphatic heterocycles. The molecule has 0 radical (unpaired) electrons. The van der Waals surface area contributed by atoms with E-state index in [9.17, 15) is 14.4 Å². The van der Waals surface area contributed by atoms with Crippen LogP contribution in [-0.2, 0) is 4.79 Å². The number of carbonyl (C=O) groups excluding carboxylic acids is 3. The lowest BCUT2D eigenvalue weighted by atomic mass is 10.1. The summed E-state index contributed by atoms with van der Waals surface area (Å²) in [6, 6.07) is 22.9. The Hall–Kier alpha value is -3.99. The highest BCUT2D eigenvalue weighted by Gasteiger charge is 2.36. The molecule has 28 heavy (non-hydrogen) atoms. The van der Waals surface area contributed by atoms with Gasteiger partial charge in [-0.25, -0.2) is 4.90 Å². The molecule has 4 rings (SSSR count). The summed E-state index contributed by atoms with van der Waals surface area (Å²) in [4.78, 5) is 38.5. The molecule has 3 aromatic carbocycles. The van der Waals surface area contributed by atoms with Gasteiger partial charge in [0.2, 0.25) is 5.91 Å². The Balaban J connectivity index is 1.53. The number of nitrogens with zero attached hydrogens (tertiary/aromatic N) is 1. The molecular formula is C23H16N2O3. The first-order valence-electron chi connectivity index (χ1n) is 8.75. The normalized spacial score (nSPS) is 13.1. The Morgan fingerprint density at radius 3 is 2.11 bits per heavy atom. The Morgan fingerprint density at radius 1 is 0.786 bits per heavy atom. The Morgan fingerprint density at radius 2 is 1.43 bits per heavy atom. The third-order valence-corrected chi connectivity index (χ3v) is 4.39. The summed E-state index contributed by atoms with van der Waals surface area (Å²) in [6.07, 6.45) is 3.15. The van der Waals surface area contributed by atoms with Gasteiger partial charge < -0.3 is 5.32 Å². The van der Waals surface area contributed by atoms with Gasteiger partial charge in [-0.05, 0) is 42.0 Å². The van der Waals surface area contributed by atoms with Crippen molar-refractivity contribution in [2.45, 2.75) is 0 Å². The maximum atomic E-state index is 12.6. The average molecular weight is 368 g/mol. The first-order chi connectivity index (χ1) is 13.6. The van der Waals surface area contributed by atoms with Gasteiger partial charge in [0, 0.05) is 11.8 Å². The Labute approximate surface area is 161 Å². The zero-order valence-corrected chi connectivity index (χ0v) is 14.8. The highest BCUT2D eigenvalue weighted by atomic mass is 16.2. The van der Waals surface area contributed by atoms with Crippen LogP contribution in [0.1, 0.15) is 26.3 Å². The predicted octanol–water partition coefficient (Wildman–Crippen LogP) is 4.14. The predicted molar refractivity (Wildman–Crippen MR) is 108 cm³/mol. The number of imide groups is 1.